The Bertz CT molecular complexity index is 447. The maximum absolute atomic E-state index is 11.2. The molecule has 1 amide bonds. The molecule has 0 bridgehead atoms. The van der Waals surface area contributed by atoms with Crippen LogP contribution in [0.3, 0.4) is 0 Å². The molecular weight excluding hydrogens is 192 g/mol. The molecule has 5 nitrogen and oxygen atoms in total. The Morgan fingerprint density at radius 3 is 2.60 bits per heavy atom. The number of nitrogens with two attached hydrogens (primary N) is 1. The highest BCUT2D eigenvalue weighted by Crippen LogP contribution is 2.08. The van der Waals surface area contributed by atoms with E-state index in [0.717, 1.165) is 5.69 Å². The standard InChI is InChI=1S/C10H10N4O/c11-13-10(15)8-2-4-9(5-3-8)14-7-1-6-12-14/h1-7H,11H2,(H,13,15). The molecule has 1 aromatic carbocycles. The number of hydrogen-bond donors (Lipinski definition) is 2. The summed E-state index contributed by atoms with van der Waals surface area (Å²) in [5.41, 5.74) is 3.49. The van der Waals surface area contributed by atoms with E-state index >= 15 is 0 Å². The molecular formula is C10H10N4O. The molecule has 0 unspecified atom stereocenters. The Labute approximate surface area is 86.5 Å². The van der Waals surface area contributed by atoms with Crippen molar-refractivity contribution in [2.45, 2.75) is 0 Å². The number of amides is 1. The Morgan fingerprint density at radius 1 is 1.33 bits per heavy atom. The molecule has 1 aromatic heterocycles. The number of carbonyl (C=O) groups excluding carboxylic acids is 1. The molecule has 3 N–H and O–H groups in total. The molecule has 5 heteroatoms. The lowest BCUT2D eigenvalue weighted by Crippen LogP contribution is -2.29. The van der Waals surface area contributed by atoms with Crippen molar-refractivity contribution in [1.82, 2.24) is 15.2 Å². The minimum atomic E-state index is -0.304. The van der Waals surface area contributed by atoms with Crippen molar-refractivity contribution < 1.29 is 4.79 Å². The van der Waals surface area contributed by atoms with Gasteiger partial charge in [-0.25, -0.2) is 10.5 Å². The van der Waals surface area contributed by atoms with Crippen molar-refractivity contribution in [3.8, 4) is 5.69 Å². The minimum absolute atomic E-state index is 0.304. The first-order valence-corrected chi connectivity index (χ1v) is 4.42. The number of nitrogen functional groups attached to an aromatic ring is 1. The molecule has 76 valence electrons. The van der Waals surface area contributed by atoms with Crippen LogP contribution in [0.1, 0.15) is 10.4 Å². The summed E-state index contributed by atoms with van der Waals surface area (Å²) in [6, 6.07) is 8.83. The van der Waals surface area contributed by atoms with Gasteiger partial charge in [-0.1, -0.05) is 0 Å². The molecule has 1 heterocycles. The highest BCUT2D eigenvalue weighted by Gasteiger charge is 2.02. The molecule has 0 spiro atoms. The molecule has 2 aromatic rings. The second kappa shape index (κ2) is 3.93. The van der Waals surface area contributed by atoms with E-state index in [2.05, 4.69) is 10.5 Å². The lowest BCUT2D eigenvalue weighted by Gasteiger charge is -2.02. The van der Waals surface area contributed by atoms with Crippen LogP contribution in [0.25, 0.3) is 5.69 Å². The molecule has 0 aliphatic heterocycles. The first-order chi connectivity index (χ1) is 7.31. The number of hydrazine groups is 1. The molecule has 2 rings (SSSR count). The number of aromatic nitrogens is 2. The van der Waals surface area contributed by atoms with Gasteiger partial charge in [0, 0.05) is 18.0 Å². The molecule has 0 aliphatic rings. The molecule has 0 atom stereocenters. The monoisotopic (exact) mass is 202 g/mol. The van der Waals surface area contributed by atoms with E-state index in [4.69, 9.17) is 5.84 Å². The van der Waals surface area contributed by atoms with Gasteiger partial charge < -0.3 is 0 Å². The summed E-state index contributed by atoms with van der Waals surface area (Å²) in [7, 11) is 0. The average molecular weight is 202 g/mol. The first kappa shape index (κ1) is 9.42. The lowest BCUT2D eigenvalue weighted by molar-refractivity contribution is 0.0953. The van der Waals surface area contributed by atoms with Gasteiger partial charge in [-0.15, -0.1) is 0 Å². The number of nitrogens with one attached hydrogen (secondary N) is 1. The summed E-state index contributed by atoms with van der Waals surface area (Å²) in [6.45, 7) is 0. The zero-order valence-electron chi connectivity index (χ0n) is 7.92. The van der Waals surface area contributed by atoms with E-state index in [9.17, 15) is 4.79 Å². The summed E-state index contributed by atoms with van der Waals surface area (Å²) < 4.78 is 1.71. The molecule has 0 fully saturated rings. The van der Waals surface area contributed by atoms with Crippen LogP contribution in [0.2, 0.25) is 0 Å². The number of carbonyl (C=O) groups is 1. The van der Waals surface area contributed by atoms with E-state index in [1.54, 1.807) is 35.1 Å². The van der Waals surface area contributed by atoms with E-state index in [1.807, 2.05) is 12.3 Å². The first-order valence-electron chi connectivity index (χ1n) is 4.42. The Morgan fingerprint density at radius 2 is 2.07 bits per heavy atom. The summed E-state index contributed by atoms with van der Waals surface area (Å²) in [4.78, 5) is 11.2. The third kappa shape index (κ3) is 1.87. The summed E-state index contributed by atoms with van der Waals surface area (Å²) in [5.74, 6) is 4.72. The highest BCUT2D eigenvalue weighted by atomic mass is 16.2. The van der Waals surface area contributed by atoms with Gasteiger partial charge in [0.15, 0.2) is 0 Å². The SMILES string of the molecule is NNC(=O)c1ccc(-n2cccn2)cc1. The van der Waals surface area contributed by atoms with Crippen molar-refractivity contribution in [1.29, 1.82) is 0 Å². The van der Waals surface area contributed by atoms with Crippen LogP contribution in [0.4, 0.5) is 0 Å². The van der Waals surface area contributed by atoms with E-state index < -0.39 is 0 Å². The second-order valence-corrected chi connectivity index (χ2v) is 2.97. The predicted molar refractivity (Wildman–Crippen MR) is 55.2 cm³/mol. The van der Waals surface area contributed by atoms with Crippen LogP contribution < -0.4 is 11.3 Å². The van der Waals surface area contributed by atoms with Crippen molar-refractivity contribution in [2.24, 2.45) is 5.84 Å². The van der Waals surface area contributed by atoms with Crippen LogP contribution in [-0.2, 0) is 0 Å². The van der Waals surface area contributed by atoms with Crippen molar-refractivity contribution in [2.75, 3.05) is 0 Å². The maximum atomic E-state index is 11.2. The summed E-state index contributed by atoms with van der Waals surface area (Å²) in [6.07, 6.45) is 3.53. The van der Waals surface area contributed by atoms with Crippen LogP contribution in [0, 0.1) is 0 Å². The van der Waals surface area contributed by atoms with Gasteiger partial charge in [0.05, 0.1) is 5.69 Å². The number of hydrogen-bond acceptors (Lipinski definition) is 3. The van der Waals surface area contributed by atoms with Gasteiger partial charge in [-0.2, -0.15) is 5.10 Å². The van der Waals surface area contributed by atoms with Gasteiger partial charge in [0.2, 0.25) is 0 Å². The van der Waals surface area contributed by atoms with Crippen LogP contribution in [-0.4, -0.2) is 15.7 Å². The predicted octanol–water partition coefficient (Wildman–Crippen LogP) is 0.476. The smallest absolute Gasteiger partial charge is 0.265 e. The van der Waals surface area contributed by atoms with Crippen LogP contribution in [0.5, 0.6) is 0 Å². The third-order valence-corrected chi connectivity index (χ3v) is 2.03. The topological polar surface area (TPSA) is 72.9 Å². The third-order valence-electron chi connectivity index (χ3n) is 2.03. The van der Waals surface area contributed by atoms with Gasteiger partial charge in [0.1, 0.15) is 0 Å². The van der Waals surface area contributed by atoms with Crippen molar-refractivity contribution in [3.05, 3.63) is 48.3 Å². The number of benzene rings is 1. The fourth-order valence-electron chi connectivity index (χ4n) is 1.27. The Hall–Kier alpha value is -2.14. The molecule has 0 radical (unpaired) electrons. The number of nitrogens with zero attached hydrogens (tertiary/aromatic N) is 2. The minimum Gasteiger partial charge on any atom is -0.290 e. The van der Waals surface area contributed by atoms with E-state index in [1.165, 1.54) is 0 Å². The second-order valence-electron chi connectivity index (χ2n) is 2.97. The molecule has 0 saturated carbocycles. The van der Waals surface area contributed by atoms with E-state index in [0.29, 0.717) is 5.56 Å². The fourth-order valence-corrected chi connectivity index (χ4v) is 1.27. The fraction of sp³-hybridized carbons (Fsp3) is 0. The van der Waals surface area contributed by atoms with Crippen LogP contribution >= 0.6 is 0 Å². The Kier molecular flexibility index (Phi) is 2.47. The quantitative estimate of drug-likeness (QED) is 0.422. The normalized spacial score (nSPS) is 9.93. The van der Waals surface area contributed by atoms with E-state index in [-0.39, 0.29) is 5.91 Å². The van der Waals surface area contributed by atoms with Gasteiger partial charge in [0.25, 0.3) is 5.91 Å². The molecule has 0 aliphatic carbocycles. The summed E-state index contributed by atoms with van der Waals surface area (Å²) in [5, 5.41) is 4.07. The maximum Gasteiger partial charge on any atom is 0.265 e. The van der Waals surface area contributed by atoms with Crippen LogP contribution in [0.15, 0.2) is 42.7 Å². The zero-order chi connectivity index (χ0) is 10.7. The molecule has 15 heavy (non-hydrogen) atoms. The molecule has 0 saturated heterocycles. The van der Waals surface area contributed by atoms with Gasteiger partial charge in [-0.05, 0) is 30.3 Å². The van der Waals surface area contributed by atoms with Crippen molar-refractivity contribution in [3.63, 3.8) is 0 Å². The largest absolute Gasteiger partial charge is 0.290 e. The van der Waals surface area contributed by atoms with Gasteiger partial charge in [-0.3, -0.25) is 10.2 Å². The zero-order valence-corrected chi connectivity index (χ0v) is 7.92. The summed E-state index contributed by atoms with van der Waals surface area (Å²) >= 11 is 0. The van der Waals surface area contributed by atoms with Gasteiger partial charge >= 0.3 is 0 Å². The Balaban J connectivity index is 2.29. The highest BCUT2D eigenvalue weighted by molar-refractivity contribution is 5.93. The average Bonchev–Trinajstić information content (AvgIpc) is 2.82. The van der Waals surface area contributed by atoms with Crippen molar-refractivity contribution >= 4 is 5.91 Å². The lowest BCUT2D eigenvalue weighted by atomic mass is 10.2. The number of rotatable bonds is 2.